The summed E-state index contributed by atoms with van der Waals surface area (Å²) in [6.07, 6.45) is 0. The van der Waals surface area contributed by atoms with Crippen LogP contribution < -0.4 is 10.6 Å². The van der Waals surface area contributed by atoms with E-state index >= 15 is 0 Å². The normalized spacial score (nSPS) is 9.69. The van der Waals surface area contributed by atoms with Crippen LogP contribution >= 0.6 is 27.3 Å². The maximum atomic E-state index is 11.0. The van der Waals surface area contributed by atoms with Crippen molar-refractivity contribution in [2.75, 3.05) is 18.4 Å². The first kappa shape index (κ1) is 10.5. The number of thiazole rings is 1. The molecular weight excluding hydrogens is 254 g/mol. The fourth-order valence-corrected chi connectivity index (χ4v) is 1.89. The quantitative estimate of drug-likeness (QED) is 0.865. The number of hydrogen-bond donors (Lipinski definition) is 2. The third-order valence-corrected chi connectivity index (χ3v) is 2.76. The van der Waals surface area contributed by atoms with E-state index in [0.29, 0.717) is 6.54 Å². The van der Waals surface area contributed by atoms with Crippen molar-refractivity contribution in [3.8, 4) is 0 Å². The fourth-order valence-electron chi connectivity index (χ4n) is 0.751. The molecule has 1 aromatic rings. The van der Waals surface area contributed by atoms with Crippen LogP contribution in [0.25, 0.3) is 0 Å². The van der Waals surface area contributed by atoms with E-state index in [1.807, 2.05) is 12.3 Å². The van der Waals surface area contributed by atoms with Crippen molar-refractivity contribution in [1.82, 2.24) is 10.3 Å². The molecule has 1 rings (SSSR count). The van der Waals surface area contributed by atoms with E-state index in [-0.39, 0.29) is 12.5 Å². The summed E-state index contributed by atoms with van der Waals surface area (Å²) in [4.78, 5) is 15.1. The standard InChI is InChI=1S/C7H10BrN3OS/c1-2-9-6(12)3-10-7-11-5(8)4-13-7/h4H,2-3H2,1H3,(H,9,12)(H,10,11). The Kier molecular flexibility index (Phi) is 4.17. The van der Waals surface area contributed by atoms with Crippen molar-refractivity contribution in [3.05, 3.63) is 9.98 Å². The summed E-state index contributed by atoms with van der Waals surface area (Å²) < 4.78 is 0.788. The van der Waals surface area contributed by atoms with Crippen LogP contribution in [0, 0.1) is 0 Å². The lowest BCUT2D eigenvalue weighted by atomic mass is 10.5. The molecule has 0 atom stereocenters. The zero-order valence-corrected chi connectivity index (χ0v) is 9.54. The second-order valence-electron chi connectivity index (χ2n) is 2.28. The van der Waals surface area contributed by atoms with E-state index in [1.54, 1.807) is 0 Å². The van der Waals surface area contributed by atoms with Gasteiger partial charge in [-0.25, -0.2) is 4.98 Å². The van der Waals surface area contributed by atoms with Crippen molar-refractivity contribution >= 4 is 38.3 Å². The van der Waals surface area contributed by atoms with E-state index in [1.165, 1.54) is 11.3 Å². The van der Waals surface area contributed by atoms with Gasteiger partial charge in [0.1, 0.15) is 4.60 Å². The van der Waals surface area contributed by atoms with Crippen LogP contribution in [0.1, 0.15) is 6.92 Å². The number of nitrogens with one attached hydrogen (secondary N) is 2. The Bertz CT molecular complexity index is 289. The Morgan fingerprint density at radius 3 is 3.08 bits per heavy atom. The number of carbonyl (C=O) groups excluding carboxylic acids is 1. The largest absolute Gasteiger partial charge is 0.355 e. The molecule has 0 aliphatic carbocycles. The van der Waals surface area contributed by atoms with Gasteiger partial charge in [0.15, 0.2) is 5.13 Å². The molecule has 0 saturated carbocycles. The summed E-state index contributed by atoms with van der Waals surface area (Å²) in [6, 6.07) is 0. The van der Waals surface area contributed by atoms with Crippen molar-refractivity contribution in [3.63, 3.8) is 0 Å². The molecule has 0 radical (unpaired) electrons. The maximum Gasteiger partial charge on any atom is 0.239 e. The van der Waals surface area contributed by atoms with Crippen LogP contribution in [0.3, 0.4) is 0 Å². The minimum absolute atomic E-state index is 0.0196. The van der Waals surface area contributed by atoms with Gasteiger partial charge in [-0.3, -0.25) is 4.79 Å². The predicted octanol–water partition coefficient (Wildman–Crippen LogP) is 1.45. The number of hydrogen-bond acceptors (Lipinski definition) is 4. The molecule has 13 heavy (non-hydrogen) atoms. The number of aromatic nitrogens is 1. The van der Waals surface area contributed by atoms with Crippen LogP contribution in [-0.2, 0) is 4.79 Å². The molecule has 6 heteroatoms. The molecule has 0 aliphatic heterocycles. The van der Waals surface area contributed by atoms with E-state index in [2.05, 4.69) is 31.5 Å². The highest BCUT2D eigenvalue weighted by Crippen LogP contribution is 2.18. The topological polar surface area (TPSA) is 54.0 Å². The summed E-state index contributed by atoms with van der Waals surface area (Å²) in [5.74, 6) is -0.0196. The van der Waals surface area contributed by atoms with Gasteiger partial charge in [-0.2, -0.15) is 0 Å². The fraction of sp³-hybridized carbons (Fsp3) is 0.429. The lowest BCUT2D eigenvalue weighted by Gasteiger charge is -2.01. The van der Waals surface area contributed by atoms with Gasteiger partial charge >= 0.3 is 0 Å². The van der Waals surface area contributed by atoms with Gasteiger partial charge in [-0.1, -0.05) is 0 Å². The summed E-state index contributed by atoms with van der Waals surface area (Å²) in [5.41, 5.74) is 0. The minimum atomic E-state index is -0.0196. The molecule has 0 unspecified atom stereocenters. The van der Waals surface area contributed by atoms with Crippen molar-refractivity contribution in [2.24, 2.45) is 0 Å². The van der Waals surface area contributed by atoms with Gasteiger partial charge in [-0.05, 0) is 22.9 Å². The van der Waals surface area contributed by atoms with Crippen molar-refractivity contribution in [2.45, 2.75) is 6.92 Å². The number of nitrogens with zero attached hydrogens (tertiary/aromatic N) is 1. The molecule has 1 aromatic heterocycles. The van der Waals surface area contributed by atoms with Crippen LogP contribution in [0.4, 0.5) is 5.13 Å². The van der Waals surface area contributed by atoms with Crippen LogP contribution in [0.2, 0.25) is 0 Å². The summed E-state index contributed by atoms with van der Waals surface area (Å²) in [7, 11) is 0. The number of halogens is 1. The molecule has 72 valence electrons. The van der Waals surface area contributed by atoms with Gasteiger partial charge in [0.05, 0.1) is 6.54 Å². The van der Waals surface area contributed by atoms with Gasteiger partial charge < -0.3 is 10.6 Å². The second kappa shape index (κ2) is 5.18. The lowest BCUT2D eigenvalue weighted by Crippen LogP contribution is -2.29. The third-order valence-electron chi connectivity index (χ3n) is 1.25. The van der Waals surface area contributed by atoms with Crippen LogP contribution in [0.15, 0.2) is 9.98 Å². The molecule has 0 spiro atoms. The highest BCUT2D eigenvalue weighted by molar-refractivity contribution is 9.10. The highest BCUT2D eigenvalue weighted by Gasteiger charge is 2.01. The van der Waals surface area contributed by atoms with Gasteiger partial charge in [-0.15, -0.1) is 11.3 Å². The van der Waals surface area contributed by atoms with Gasteiger partial charge in [0.25, 0.3) is 0 Å². The first-order valence-corrected chi connectivity index (χ1v) is 5.51. The average molecular weight is 264 g/mol. The SMILES string of the molecule is CCNC(=O)CNc1nc(Br)cs1. The molecule has 0 fully saturated rings. The molecular formula is C7H10BrN3OS. The Morgan fingerprint density at radius 1 is 1.77 bits per heavy atom. The average Bonchev–Trinajstić information content (AvgIpc) is 2.49. The Labute approximate surface area is 88.9 Å². The number of carbonyl (C=O) groups is 1. The summed E-state index contributed by atoms with van der Waals surface area (Å²) >= 11 is 4.69. The Hall–Kier alpha value is -0.620. The number of anilines is 1. The van der Waals surface area contributed by atoms with Gasteiger partial charge in [0.2, 0.25) is 5.91 Å². The van der Waals surface area contributed by atoms with E-state index in [4.69, 9.17) is 0 Å². The first-order chi connectivity index (χ1) is 6.22. The number of likely N-dealkylation sites (N-methyl/N-ethyl adjacent to an activating group) is 1. The predicted molar refractivity (Wildman–Crippen MR) is 57.0 cm³/mol. The minimum Gasteiger partial charge on any atom is -0.355 e. The van der Waals surface area contributed by atoms with Crippen molar-refractivity contribution < 1.29 is 4.79 Å². The molecule has 0 bridgehead atoms. The van der Waals surface area contributed by atoms with E-state index < -0.39 is 0 Å². The number of rotatable bonds is 4. The molecule has 2 N–H and O–H groups in total. The molecule has 0 aliphatic rings. The molecule has 1 heterocycles. The maximum absolute atomic E-state index is 11.0. The first-order valence-electron chi connectivity index (χ1n) is 3.84. The monoisotopic (exact) mass is 263 g/mol. The third kappa shape index (κ3) is 3.73. The van der Waals surface area contributed by atoms with Crippen molar-refractivity contribution in [1.29, 1.82) is 0 Å². The smallest absolute Gasteiger partial charge is 0.239 e. The molecule has 1 amide bonds. The Balaban J connectivity index is 2.30. The Morgan fingerprint density at radius 2 is 2.54 bits per heavy atom. The highest BCUT2D eigenvalue weighted by atomic mass is 79.9. The van der Waals surface area contributed by atoms with Crippen LogP contribution in [0.5, 0.6) is 0 Å². The lowest BCUT2D eigenvalue weighted by molar-refractivity contribution is -0.119. The number of amides is 1. The molecule has 0 saturated heterocycles. The van der Waals surface area contributed by atoms with E-state index in [0.717, 1.165) is 9.73 Å². The van der Waals surface area contributed by atoms with E-state index in [9.17, 15) is 4.79 Å². The zero-order valence-electron chi connectivity index (χ0n) is 7.13. The van der Waals surface area contributed by atoms with Crippen LogP contribution in [-0.4, -0.2) is 24.0 Å². The molecule has 4 nitrogen and oxygen atoms in total. The molecule has 0 aromatic carbocycles. The summed E-state index contributed by atoms with van der Waals surface area (Å²) in [6.45, 7) is 2.81. The zero-order chi connectivity index (χ0) is 9.68. The second-order valence-corrected chi connectivity index (χ2v) is 3.95. The summed E-state index contributed by atoms with van der Waals surface area (Å²) in [5, 5.41) is 8.21. The van der Waals surface area contributed by atoms with Gasteiger partial charge in [0, 0.05) is 11.9 Å².